The van der Waals surface area contributed by atoms with E-state index in [9.17, 15) is 0 Å². The molecule has 0 spiro atoms. The molecule has 1 radical (unpaired) electrons. The Labute approximate surface area is 62.2 Å². The smallest absolute Gasteiger partial charge is 0.00975 e. The van der Waals surface area contributed by atoms with Gasteiger partial charge in [-0.2, -0.15) is 0 Å². The lowest BCUT2D eigenvalue weighted by molar-refractivity contribution is 1.27. The highest BCUT2D eigenvalue weighted by Crippen LogP contribution is 1.99. The molecule has 10 heavy (non-hydrogen) atoms. The van der Waals surface area contributed by atoms with Crippen molar-refractivity contribution in [2.45, 2.75) is 6.42 Å². The van der Waals surface area contributed by atoms with Crippen LogP contribution >= 0.6 is 0 Å². The SMILES string of the molecule is [CH2]C=CCc1ccccc1. The van der Waals surface area contributed by atoms with Crippen LogP contribution in [0.3, 0.4) is 0 Å². The van der Waals surface area contributed by atoms with E-state index >= 15 is 0 Å². The number of allylic oxidation sites excluding steroid dienone is 2. The first-order valence-corrected chi connectivity index (χ1v) is 3.41. The highest BCUT2D eigenvalue weighted by Gasteiger charge is 1.83. The van der Waals surface area contributed by atoms with Gasteiger partial charge < -0.3 is 0 Å². The molecule has 1 aromatic rings. The Balaban J connectivity index is 2.59. The van der Waals surface area contributed by atoms with E-state index in [1.54, 1.807) is 0 Å². The van der Waals surface area contributed by atoms with Crippen LogP contribution in [0.15, 0.2) is 42.5 Å². The lowest BCUT2D eigenvalue weighted by atomic mass is 10.1. The molecule has 0 aromatic heterocycles. The largest absolute Gasteiger partial charge is 0.0879 e. The van der Waals surface area contributed by atoms with Gasteiger partial charge in [-0.3, -0.25) is 0 Å². The molecular formula is C10H11. The number of rotatable bonds is 2. The predicted octanol–water partition coefficient (Wildman–Crippen LogP) is 2.62. The van der Waals surface area contributed by atoms with E-state index in [0.29, 0.717) is 0 Å². The van der Waals surface area contributed by atoms with Gasteiger partial charge >= 0.3 is 0 Å². The first-order chi connectivity index (χ1) is 4.93. The first-order valence-electron chi connectivity index (χ1n) is 3.41. The second-order valence-electron chi connectivity index (χ2n) is 2.16. The molecule has 0 heterocycles. The Morgan fingerprint density at radius 2 is 1.90 bits per heavy atom. The van der Waals surface area contributed by atoms with Gasteiger partial charge in [0.2, 0.25) is 0 Å². The third-order valence-corrected chi connectivity index (χ3v) is 1.36. The van der Waals surface area contributed by atoms with Crippen molar-refractivity contribution in [3.8, 4) is 0 Å². The van der Waals surface area contributed by atoms with Crippen molar-refractivity contribution in [2.24, 2.45) is 0 Å². The summed E-state index contributed by atoms with van der Waals surface area (Å²) >= 11 is 0. The molecule has 1 rings (SSSR count). The van der Waals surface area contributed by atoms with Crippen molar-refractivity contribution in [1.82, 2.24) is 0 Å². The summed E-state index contributed by atoms with van der Waals surface area (Å²) in [4.78, 5) is 0. The minimum absolute atomic E-state index is 0.990. The van der Waals surface area contributed by atoms with Gasteiger partial charge in [-0.15, -0.1) is 0 Å². The molecule has 0 nitrogen and oxygen atoms in total. The maximum Gasteiger partial charge on any atom is -0.00975 e. The van der Waals surface area contributed by atoms with Crippen LogP contribution in [0.5, 0.6) is 0 Å². The molecule has 0 unspecified atom stereocenters. The summed E-state index contributed by atoms with van der Waals surface area (Å²) in [5, 5.41) is 0. The Morgan fingerprint density at radius 1 is 1.20 bits per heavy atom. The highest BCUT2D eigenvalue weighted by molar-refractivity contribution is 5.17. The van der Waals surface area contributed by atoms with Crippen molar-refractivity contribution >= 4 is 0 Å². The monoisotopic (exact) mass is 131 g/mol. The third kappa shape index (κ3) is 2.06. The topological polar surface area (TPSA) is 0 Å². The van der Waals surface area contributed by atoms with Gasteiger partial charge in [0.05, 0.1) is 0 Å². The Hall–Kier alpha value is -1.04. The summed E-state index contributed by atoms with van der Waals surface area (Å²) in [6.45, 7) is 3.62. The van der Waals surface area contributed by atoms with Gasteiger partial charge in [0, 0.05) is 0 Å². The van der Waals surface area contributed by atoms with Crippen molar-refractivity contribution in [1.29, 1.82) is 0 Å². The Morgan fingerprint density at radius 3 is 2.50 bits per heavy atom. The van der Waals surface area contributed by atoms with E-state index in [4.69, 9.17) is 0 Å². The minimum Gasteiger partial charge on any atom is -0.0879 e. The molecule has 0 aliphatic carbocycles. The number of hydrogen-bond acceptors (Lipinski definition) is 0. The van der Waals surface area contributed by atoms with E-state index in [1.165, 1.54) is 5.56 Å². The Kier molecular flexibility index (Phi) is 2.75. The average molecular weight is 131 g/mol. The zero-order valence-corrected chi connectivity index (χ0v) is 5.96. The molecule has 0 saturated heterocycles. The predicted molar refractivity (Wildman–Crippen MR) is 44.6 cm³/mol. The summed E-state index contributed by atoms with van der Waals surface area (Å²) in [6, 6.07) is 10.3. The molecule has 0 aliphatic rings. The summed E-state index contributed by atoms with van der Waals surface area (Å²) in [7, 11) is 0. The summed E-state index contributed by atoms with van der Waals surface area (Å²) < 4.78 is 0. The van der Waals surface area contributed by atoms with Crippen molar-refractivity contribution < 1.29 is 0 Å². The molecule has 0 amide bonds. The zero-order valence-electron chi connectivity index (χ0n) is 5.96. The first kappa shape index (κ1) is 7.07. The molecule has 0 atom stereocenters. The van der Waals surface area contributed by atoms with Crippen LogP contribution in [0.2, 0.25) is 0 Å². The maximum absolute atomic E-state index is 3.62. The van der Waals surface area contributed by atoms with Crippen molar-refractivity contribution in [3.63, 3.8) is 0 Å². The summed E-state index contributed by atoms with van der Waals surface area (Å²) in [5.41, 5.74) is 1.34. The molecule has 51 valence electrons. The quantitative estimate of drug-likeness (QED) is 0.578. The van der Waals surface area contributed by atoms with Gasteiger partial charge in [-0.1, -0.05) is 42.5 Å². The van der Waals surface area contributed by atoms with Gasteiger partial charge in [0.15, 0.2) is 0 Å². The number of hydrogen-bond donors (Lipinski definition) is 0. The van der Waals surface area contributed by atoms with Crippen molar-refractivity contribution in [3.05, 3.63) is 55.0 Å². The van der Waals surface area contributed by atoms with Crippen LogP contribution < -0.4 is 0 Å². The molecule has 0 aliphatic heterocycles. The van der Waals surface area contributed by atoms with Crippen LogP contribution in [0, 0.1) is 6.92 Å². The Bertz CT molecular complexity index is 197. The van der Waals surface area contributed by atoms with E-state index in [2.05, 4.69) is 25.1 Å². The normalized spacial score (nSPS) is 10.5. The highest BCUT2D eigenvalue weighted by atomic mass is 13.9. The lowest BCUT2D eigenvalue weighted by Crippen LogP contribution is -1.76. The van der Waals surface area contributed by atoms with Crippen LogP contribution in [-0.2, 0) is 6.42 Å². The second-order valence-corrected chi connectivity index (χ2v) is 2.16. The van der Waals surface area contributed by atoms with Crippen molar-refractivity contribution in [2.75, 3.05) is 0 Å². The maximum atomic E-state index is 3.62. The van der Waals surface area contributed by atoms with E-state index in [-0.39, 0.29) is 0 Å². The molecule has 0 bridgehead atoms. The van der Waals surface area contributed by atoms with Crippen LogP contribution in [0.1, 0.15) is 5.56 Å². The van der Waals surface area contributed by atoms with Gasteiger partial charge in [0.25, 0.3) is 0 Å². The lowest BCUT2D eigenvalue weighted by Gasteiger charge is -1.92. The van der Waals surface area contributed by atoms with Gasteiger partial charge in [-0.25, -0.2) is 0 Å². The van der Waals surface area contributed by atoms with Crippen LogP contribution in [-0.4, -0.2) is 0 Å². The fraction of sp³-hybridized carbons (Fsp3) is 0.100. The van der Waals surface area contributed by atoms with Crippen LogP contribution in [0.25, 0.3) is 0 Å². The standard InChI is InChI=1S/C10H11/c1-2-3-7-10-8-5-4-6-9-10/h2-6,8-9H,1,7H2. The molecule has 0 fully saturated rings. The number of benzene rings is 1. The van der Waals surface area contributed by atoms with Gasteiger partial charge in [0.1, 0.15) is 0 Å². The zero-order chi connectivity index (χ0) is 7.23. The van der Waals surface area contributed by atoms with Crippen LogP contribution in [0.4, 0.5) is 0 Å². The molecular weight excluding hydrogens is 120 g/mol. The summed E-state index contributed by atoms with van der Waals surface area (Å²) in [6.07, 6.45) is 4.87. The average Bonchev–Trinajstić information content (AvgIpc) is 2.03. The second kappa shape index (κ2) is 3.89. The van der Waals surface area contributed by atoms with E-state index in [0.717, 1.165) is 6.42 Å². The third-order valence-electron chi connectivity index (χ3n) is 1.36. The molecule has 0 N–H and O–H groups in total. The molecule has 0 heteroatoms. The van der Waals surface area contributed by atoms with Gasteiger partial charge in [-0.05, 0) is 18.9 Å². The molecule has 0 saturated carbocycles. The fourth-order valence-electron chi connectivity index (χ4n) is 0.834. The summed E-state index contributed by atoms with van der Waals surface area (Å²) in [5.74, 6) is 0. The van der Waals surface area contributed by atoms with E-state index < -0.39 is 0 Å². The fourth-order valence-corrected chi connectivity index (χ4v) is 0.834. The molecule has 1 aromatic carbocycles. The minimum atomic E-state index is 0.990. The van der Waals surface area contributed by atoms with E-state index in [1.807, 2.05) is 24.3 Å².